The van der Waals surface area contributed by atoms with Crippen molar-refractivity contribution in [1.82, 2.24) is 19.8 Å². The second-order valence-electron chi connectivity index (χ2n) is 5.90. The lowest BCUT2D eigenvalue weighted by Gasteiger charge is -2.08. The van der Waals surface area contributed by atoms with Crippen LogP contribution in [0.15, 0.2) is 60.7 Å². The number of halogens is 3. The number of rotatable bonds is 6. The molecule has 0 fully saturated rings. The SMILES string of the molecule is Fc1ccc(Oc2ccc(CNc3ccc4nnc(C(F)F)n4n3)cc2)cc1. The van der Waals surface area contributed by atoms with Crippen LogP contribution in [0.1, 0.15) is 17.8 Å². The largest absolute Gasteiger partial charge is 0.457 e. The van der Waals surface area contributed by atoms with Crippen LogP contribution in [-0.4, -0.2) is 19.8 Å². The molecule has 28 heavy (non-hydrogen) atoms. The molecular formula is C19H14F3N5O. The molecule has 9 heteroatoms. The van der Waals surface area contributed by atoms with Crippen LogP contribution in [0.25, 0.3) is 5.65 Å². The van der Waals surface area contributed by atoms with E-state index >= 15 is 0 Å². The third kappa shape index (κ3) is 3.88. The number of hydrogen-bond donors (Lipinski definition) is 1. The van der Waals surface area contributed by atoms with Crippen molar-refractivity contribution in [1.29, 1.82) is 0 Å². The minimum absolute atomic E-state index is 0.253. The summed E-state index contributed by atoms with van der Waals surface area (Å²) in [6.07, 6.45) is -2.76. The fourth-order valence-electron chi connectivity index (χ4n) is 2.54. The van der Waals surface area contributed by atoms with Gasteiger partial charge in [-0.15, -0.1) is 15.3 Å². The molecule has 4 rings (SSSR count). The van der Waals surface area contributed by atoms with E-state index in [-0.39, 0.29) is 11.5 Å². The van der Waals surface area contributed by atoms with Crippen LogP contribution in [0.3, 0.4) is 0 Å². The molecule has 6 nitrogen and oxygen atoms in total. The first kappa shape index (κ1) is 17.8. The maximum atomic E-state index is 12.9. The van der Waals surface area contributed by atoms with Gasteiger partial charge in [-0.1, -0.05) is 12.1 Å². The Balaban J connectivity index is 1.41. The van der Waals surface area contributed by atoms with Gasteiger partial charge in [-0.2, -0.15) is 4.52 Å². The third-order valence-electron chi connectivity index (χ3n) is 3.93. The van der Waals surface area contributed by atoms with Crippen molar-refractivity contribution in [2.45, 2.75) is 13.0 Å². The molecule has 142 valence electrons. The highest BCUT2D eigenvalue weighted by molar-refractivity contribution is 5.44. The average molecular weight is 385 g/mol. The third-order valence-corrected chi connectivity index (χ3v) is 3.93. The number of nitrogens with one attached hydrogen (secondary N) is 1. The lowest BCUT2D eigenvalue weighted by Crippen LogP contribution is -2.06. The molecule has 1 N–H and O–H groups in total. The van der Waals surface area contributed by atoms with Crippen molar-refractivity contribution in [3.63, 3.8) is 0 Å². The summed E-state index contributed by atoms with van der Waals surface area (Å²) in [4.78, 5) is 0. The first-order valence-electron chi connectivity index (χ1n) is 8.35. The number of fused-ring (bicyclic) bond motifs is 1. The van der Waals surface area contributed by atoms with Gasteiger partial charge in [-0.05, 0) is 54.1 Å². The first-order valence-corrected chi connectivity index (χ1v) is 8.35. The number of alkyl halides is 2. The molecule has 0 aliphatic heterocycles. The average Bonchev–Trinajstić information content (AvgIpc) is 3.13. The lowest BCUT2D eigenvalue weighted by molar-refractivity contribution is 0.137. The summed E-state index contributed by atoms with van der Waals surface area (Å²) in [7, 11) is 0. The lowest BCUT2D eigenvalue weighted by atomic mass is 10.2. The monoisotopic (exact) mass is 385 g/mol. The van der Waals surface area contributed by atoms with E-state index in [4.69, 9.17) is 4.74 Å². The van der Waals surface area contributed by atoms with E-state index in [2.05, 4.69) is 20.6 Å². The summed E-state index contributed by atoms with van der Waals surface area (Å²) in [5.41, 5.74) is 1.19. The molecule has 0 aliphatic rings. The summed E-state index contributed by atoms with van der Waals surface area (Å²) in [6.45, 7) is 0.432. The first-order chi connectivity index (χ1) is 13.6. The van der Waals surface area contributed by atoms with E-state index in [0.29, 0.717) is 23.9 Å². The van der Waals surface area contributed by atoms with Gasteiger partial charge in [-0.25, -0.2) is 13.2 Å². The fraction of sp³-hybridized carbons (Fsp3) is 0.105. The second-order valence-corrected chi connectivity index (χ2v) is 5.90. The van der Waals surface area contributed by atoms with Crippen LogP contribution in [0, 0.1) is 5.82 Å². The fourth-order valence-corrected chi connectivity index (χ4v) is 2.54. The molecule has 0 amide bonds. The van der Waals surface area contributed by atoms with Gasteiger partial charge in [0.25, 0.3) is 6.43 Å². The summed E-state index contributed by atoms with van der Waals surface area (Å²) in [5, 5.41) is 14.3. The number of ether oxygens (including phenoxy) is 1. The normalized spacial score (nSPS) is 11.1. The molecule has 2 aromatic carbocycles. The summed E-state index contributed by atoms with van der Waals surface area (Å²) < 4.78 is 45.4. The van der Waals surface area contributed by atoms with Gasteiger partial charge in [0.05, 0.1) is 0 Å². The molecular weight excluding hydrogens is 371 g/mol. The Hall–Kier alpha value is -3.62. The Labute approximate surface area is 157 Å². The minimum atomic E-state index is -2.76. The molecule has 0 spiro atoms. The highest BCUT2D eigenvalue weighted by Gasteiger charge is 2.16. The van der Waals surface area contributed by atoms with Gasteiger partial charge in [0.2, 0.25) is 5.82 Å². The number of nitrogens with zero attached hydrogens (tertiary/aromatic N) is 4. The Morgan fingerprint density at radius 1 is 0.893 bits per heavy atom. The summed E-state index contributed by atoms with van der Waals surface area (Å²) >= 11 is 0. The molecule has 0 radical (unpaired) electrons. The van der Waals surface area contributed by atoms with Crippen molar-refractivity contribution in [3.8, 4) is 11.5 Å². The smallest absolute Gasteiger partial charge is 0.299 e. The van der Waals surface area contributed by atoms with Crippen LogP contribution >= 0.6 is 0 Å². The molecule has 0 atom stereocenters. The topological polar surface area (TPSA) is 64.3 Å². The van der Waals surface area contributed by atoms with Crippen molar-refractivity contribution in [3.05, 3.63) is 77.9 Å². The molecule has 0 unspecified atom stereocenters. The molecule has 2 heterocycles. The van der Waals surface area contributed by atoms with Crippen LogP contribution in [0.2, 0.25) is 0 Å². The highest BCUT2D eigenvalue weighted by atomic mass is 19.3. The number of aromatic nitrogens is 4. The quantitative estimate of drug-likeness (QED) is 0.525. The molecule has 4 aromatic rings. The van der Waals surface area contributed by atoms with E-state index in [1.54, 1.807) is 36.4 Å². The van der Waals surface area contributed by atoms with Crippen LogP contribution in [0.5, 0.6) is 11.5 Å². The van der Waals surface area contributed by atoms with Crippen LogP contribution in [-0.2, 0) is 6.54 Å². The van der Waals surface area contributed by atoms with Gasteiger partial charge < -0.3 is 10.1 Å². The van der Waals surface area contributed by atoms with Crippen molar-refractivity contribution in [2.75, 3.05) is 5.32 Å². The Bertz CT molecular complexity index is 1080. The molecule has 0 saturated heterocycles. The second kappa shape index (κ2) is 7.55. The maximum Gasteiger partial charge on any atom is 0.299 e. The zero-order chi connectivity index (χ0) is 19.5. The van der Waals surface area contributed by atoms with Crippen molar-refractivity contribution < 1.29 is 17.9 Å². The van der Waals surface area contributed by atoms with E-state index in [9.17, 15) is 13.2 Å². The zero-order valence-electron chi connectivity index (χ0n) is 14.4. The predicted molar refractivity (Wildman–Crippen MR) is 96.0 cm³/mol. The highest BCUT2D eigenvalue weighted by Crippen LogP contribution is 2.22. The summed E-state index contributed by atoms with van der Waals surface area (Å²) in [6, 6.07) is 16.2. The Morgan fingerprint density at radius 3 is 2.25 bits per heavy atom. The van der Waals surface area contributed by atoms with Gasteiger partial charge in [-0.3, -0.25) is 0 Å². The van der Waals surface area contributed by atoms with Gasteiger partial charge in [0.1, 0.15) is 23.1 Å². The van der Waals surface area contributed by atoms with Gasteiger partial charge >= 0.3 is 0 Å². The van der Waals surface area contributed by atoms with Crippen molar-refractivity contribution >= 4 is 11.5 Å². The van der Waals surface area contributed by atoms with Gasteiger partial charge in [0, 0.05) is 6.54 Å². The van der Waals surface area contributed by atoms with Crippen LogP contribution < -0.4 is 10.1 Å². The molecule has 0 aliphatic carbocycles. The standard InChI is InChI=1S/C19H14F3N5O/c20-13-3-7-15(8-4-13)28-14-5-1-12(2-6-14)11-23-16-9-10-17-24-25-19(18(21)22)27(17)26-16/h1-10,18H,11H2,(H,23,26). The zero-order valence-corrected chi connectivity index (χ0v) is 14.4. The number of benzene rings is 2. The molecule has 2 aromatic heterocycles. The van der Waals surface area contributed by atoms with E-state index in [1.165, 1.54) is 12.1 Å². The Kier molecular flexibility index (Phi) is 4.79. The molecule has 0 saturated carbocycles. The maximum absolute atomic E-state index is 12.9. The molecule has 0 bridgehead atoms. The predicted octanol–water partition coefficient (Wildman–Crippen LogP) is 4.61. The Morgan fingerprint density at radius 2 is 1.57 bits per heavy atom. The van der Waals surface area contributed by atoms with E-state index in [0.717, 1.165) is 10.1 Å². The van der Waals surface area contributed by atoms with E-state index in [1.807, 2.05) is 12.1 Å². The van der Waals surface area contributed by atoms with E-state index < -0.39 is 12.2 Å². The van der Waals surface area contributed by atoms with Crippen molar-refractivity contribution in [2.24, 2.45) is 0 Å². The van der Waals surface area contributed by atoms with Gasteiger partial charge in [0.15, 0.2) is 5.65 Å². The summed E-state index contributed by atoms with van der Waals surface area (Å²) in [5.74, 6) is 0.740. The number of anilines is 1. The minimum Gasteiger partial charge on any atom is -0.457 e. The van der Waals surface area contributed by atoms with Crippen LogP contribution in [0.4, 0.5) is 19.0 Å². The number of hydrogen-bond acceptors (Lipinski definition) is 5.